The number of halogens is 1. The topological polar surface area (TPSA) is 67.0 Å². The number of amidine groups is 2. The summed E-state index contributed by atoms with van der Waals surface area (Å²) in [7, 11) is 0. The Kier molecular flexibility index (Phi) is 6.29. The molecule has 0 fully saturated rings. The highest BCUT2D eigenvalue weighted by atomic mass is 35.5. The predicted octanol–water partition coefficient (Wildman–Crippen LogP) is 8.03. The van der Waals surface area contributed by atoms with Crippen LogP contribution < -0.4 is 15.0 Å². The first kappa shape index (κ1) is 25.1. The zero-order valence-corrected chi connectivity index (χ0v) is 23.4. The standard InChI is InChI=1S/C33H27ClN6O/c1-3-41-26-18-16-22(17-19-26)30-29-21(2)38-40(25-12-5-4-6-13-25)32(29)37-33-31(35-24-11-9-10-23(34)20-24)36-27-14-7-8-15-28(27)39(30)33/h4-20,30H,3H2,1-2H3,(H,35,36)/t30-/m0/s1. The highest BCUT2D eigenvalue weighted by Gasteiger charge is 2.41. The van der Waals surface area contributed by atoms with Gasteiger partial charge < -0.3 is 15.0 Å². The molecule has 202 valence electrons. The maximum atomic E-state index is 6.34. The van der Waals surface area contributed by atoms with Crippen LogP contribution in [0.5, 0.6) is 5.75 Å². The lowest BCUT2D eigenvalue weighted by atomic mass is 9.93. The van der Waals surface area contributed by atoms with Crippen molar-refractivity contribution < 1.29 is 4.74 Å². The van der Waals surface area contributed by atoms with E-state index < -0.39 is 0 Å². The molecule has 7 nitrogen and oxygen atoms in total. The number of nitrogens with one attached hydrogen (secondary N) is 1. The van der Waals surface area contributed by atoms with Gasteiger partial charge in [0.15, 0.2) is 17.5 Å². The average Bonchev–Trinajstić information content (AvgIpc) is 3.33. The average molecular weight is 559 g/mol. The molecule has 0 saturated carbocycles. The van der Waals surface area contributed by atoms with Crippen molar-refractivity contribution in [2.75, 3.05) is 16.8 Å². The van der Waals surface area contributed by atoms with Gasteiger partial charge in [-0.3, -0.25) is 0 Å². The van der Waals surface area contributed by atoms with Gasteiger partial charge in [-0.15, -0.1) is 0 Å². The molecule has 1 N–H and O–H groups in total. The Balaban J connectivity index is 1.47. The Hall–Kier alpha value is -4.88. The Bertz CT molecular complexity index is 1810. The zero-order valence-electron chi connectivity index (χ0n) is 22.6. The van der Waals surface area contributed by atoms with Crippen LogP contribution in [0.3, 0.4) is 0 Å². The van der Waals surface area contributed by atoms with E-state index in [-0.39, 0.29) is 6.04 Å². The summed E-state index contributed by atoms with van der Waals surface area (Å²) in [5, 5.41) is 9.14. The van der Waals surface area contributed by atoms with Crippen LogP contribution in [0.2, 0.25) is 5.02 Å². The van der Waals surface area contributed by atoms with Crippen LogP contribution in [0.4, 0.5) is 22.9 Å². The molecule has 2 aliphatic heterocycles. The van der Waals surface area contributed by atoms with Crippen LogP contribution in [-0.4, -0.2) is 28.1 Å². The molecule has 3 heterocycles. The minimum Gasteiger partial charge on any atom is -0.494 e. The number of benzene rings is 4. The van der Waals surface area contributed by atoms with Gasteiger partial charge in [-0.05, 0) is 74.0 Å². The third-order valence-corrected chi connectivity index (χ3v) is 7.47. The minimum atomic E-state index is -0.210. The predicted molar refractivity (Wildman–Crippen MR) is 166 cm³/mol. The smallest absolute Gasteiger partial charge is 0.179 e. The summed E-state index contributed by atoms with van der Waals surface area (Å²) in [6.07, 6.45) is 0. The van der Waals surface area contributed by atoms with Crippen LogP contribution in [0.15, 0.2) is 113 Å². The fourth-order valence-electron chi connectivity index (χ4n) is 5.48. The lowest BCUT2D eigenvalue weighted by molar-refractivity contribution is 0.340. The van der Waals surface area contributed by atoms with Crippen LogP contribution in [0.1, 0.15) is 29.8 Å². The molecule has 41 heavy (non-hydrogen) atoms. The first-order valence-electron chi connectivity index (χ1n) is 13.6. The van der Waals surface area contributed by atoms with Gasteiger partial charge in [0.05, 0.1) is 35.4 Å². The van der Waals surface area contributed by atoms with E-state index in [4.69, 9.17) is 31.4 Å². The molecule has 0 amide bonds. The summed E-state index contributed by atoms with van der Waals surface area (Å²) in [5.41, 5.74) is 6.64. The third-order valence-electron chi connectivity index (χ3n) is 7.23. The quantitative estimate of drug-likeness (QED) is 0.237. The van der Waals surface area contributed by atoms with Gasteiger partial charge in [0.2, 0.25) is 0 Å². The van der Waals surface area contributed by atoms with Crippen LogP contribution in [-0.2, 0) is 0 Å². The third kappa shape index (κ3) is 4.44. The number of hydrogen-bond donors (Lipinski definition) is 1. The molecule has 2 aliphatic rings. The highest BCUT2D eigenvalue weighted by Crippen LogP contribution is 2.48. The molecular weight excluding hydrogens is 532 g/mol. The molecule has 5 aromatic rings. The van der Waals surface area contributed by atoms with Crippen molar-refractivity contribution in [2.45, 2.75) is 19.9 Å². The number of ether oxygens (including phenoxy) is 1. The zero-order chi connectivity index (χ0) is 27.9. The number of fused-ring (bicyclic) bond motifs is 4. The summed E-state index contributed by atoms with van der Waals surface area (Å²) in [4.78, 5) is 12.6. The maximum absolute atomic E-state index is 6.34. The highest BCUT2D eigenvalue weighted by molar-refractivity contribution is 6.51. The number of para-hydroxylation sites is 3. The van der Waals surface area contributed by atoms with E-state index in [0.29, 0.717) is 23.3 Å². The van der Waals surface area contributed by atoms with Crippen molar-refractivity contribution in [1.29, 1.82) is 0 Å². The van der Waals surface area contributed by atoms with E-state index in [1.165, 1.54) is 0 Å². The van der Waals surface area contributed by atoms with Crippen molar-refractivity contribution in [2.24, 2.45) is 9.98 Å². The summed E-state index contributed by atoms with van der Waals surface area (Å²) in [6.45, 7) is 4.65. The fourth-order valence-corrected chi connectivity index (χ4v) is 5.67. The van der Waals surface area contributed by atoms with E-state index in [9.17, 15) is 0 Å². The molecule has 0 aliphatic carbocycles. The number of aryl methyl sites for hydroxylation is 1. The Morgan fingerprint density at radius 1 is 0.878 bits per heavy atom. The van der Waals surface area contributed by atoms with E-state index in [1.54, 1.807) is 0 Å². The molecule has 8 heteroatoms. The number of hydrogen-bond acceptors (Lipinski definition) is 6. The van der Waals surface area contributed by atoms with Gasteiger partial charge in [-0.1, -0.05) is 60.1 Å². The minimum absolute atomic E-state index is 0.210. The van der Waals surface area contributed by atoms with E-state index in [1.807, 2.05) is 96.5 Å². The number of rotatable bonds is 5. The molecule has 1 aromatic heterocycles. The van der Waals surface area contributed by atoms with Crippen molar-refractivity contribution in [3.05, 3.63) is 125 Å². The molecule has 0 bridgehead atoms. The number of anilines is 2. The summed E-state index contributed by atoms with van der Waals surface area (Å²) >= 11 is 6.34. The van der Waals surface area contributed by atoms with Crippen LogP contribution in [0, 0.1) is 6.92 Å². The molecule has 4 aromatic carbocycles. The van der Waals surface area contributed by atoms with Gasteiger partial charge in [0.1, 0.15) is 5.75 Å². The lowest BCUT2D eigenvalue weighted by Gasteiger charge is -2.40. The first-order valence-corrected chi connectivity index (χ1v) is 13.9. The first-order chi connectivity index (χ1) is 20.1. The largest absolute Gasteiger partial charge is 0.494 e. The number of aliphatic imine (C=N–C) groups is 2. The second-order valence-electron chi connectivity index (χ2n) is 9.86. The van der Waals surface area contributed by atoms with Crippen LogP contribution >= 0.6 is 11.6 Å². The van der Waals surface area contributed by atoms with Crippen molar-refractivity contribution in [1.82, 2.24) is 9.78 Å². The van der Waals surface area contributed by atoms with E-state index >= 15 is 0 Å². The molecule has 0 radical (unpaired) electrons. The molecular formula is C33H27ClN6O. The van der Waals surface area contributed by atoms with Crippen molar-refractivity contribution in [3.63, 3.8) is 0 Å². The van der Waals surface area contributed by atoms with Gasteiger partial charge in [0, 0.05) is 16.3 Å². The lowest BCUT2D eigenvalue weighted by Crippen LogP contribution is -2.46. The molecule has 7 rings (SSSR count). The number of aromatic nitrogens is 2. The summed E-state index contributed by atoms with van der Waals surface area (Å²) < 4.78 is 7.69. The SMILES string of the molecule is CCOc1ccc([C@H]2c3c(C)nn(-c4ccccc4)c3N=C3C(Nc4cccc(Cl)c4)=Nc4ccccc4N32)cc1. The normalized spacial score (nSPS) is 15.3. The van der Waals surface area contributed by atoms with Gasteiger partial charge >= 0.3 is 0 Å². The Morgan fingerprint density at radius 2 is 1.66 bits per heavy atom. The van der Waals surface area contributed by atoms with Crippen molar-refractivity contribution >= 4 is 46.2 Å². The van der Waals surface area contributed by atoms with E-state index in [2.05, 4.69) is 35.3 Å². The van der Waals surface area contributed by atoms with E-state index in [0.717, 1.165) is 51.1 Å². The van der Waals surface area contributed by atoms with Gasteiger partial charge in [0.25, 0.3) is 0 Å². The maximum Gasteiger partial charge on any atom is 0.179 e. The fraction of sp³-hybridized carbons (Fsp3) is 0.121. The molecule has 1 atom stereocenters. The van der Waals surface area contributed by atoms with Gasteiger partial charge in [-0.25, -0.2) is 14.7 Å². The van der Waals surface area contributed by atoms with Gasteiger partial charge in [-0.2, -0.15) is 5.10 Å². The summed E-state index contributed by atoms with van der Waals surface area (Å²) in [6, 6.07) is 34.0. The number of nitrogens with zero attached hydrogens (tertiary/aromatic N) is 5. The molecule has 0 unspecified atom stereocenters. The second kappa shape index (κ2) is 10.3. The summed E-state index contributed by atoms with van der Waals surface area (Å²) in [5.74, 6) is 2.94. The second-order valence-corrected chi connectivity index (χ2v) is 10.3. The molecule has 0 saturated heterocycles. The Labute approximate surface area is 243 Å². The Morgan fingerprint density at radius 3 is 2.44 bits per heavy atom. The van der Waals surface area contributed by atoms with Crippen LogP contribution in [0.25, 0.3) is 5.69 Å². The molecule has 0 spiro atoms. The monoisotopic (exact) mass is 558 g/mol. The van der Waals surface area contributed by atoms with Crippen molar-refractivity contribution in [3.8, 4) is 11.4 Å².